The number of nitrogens with zero attached hydrogens (tertiary/aromatic N) is 2. The van der Waals surface area contributed by atoms with Crippen LogP contribution in [0, 0.1) is 0 Å². The van der Waals surface area contributed by atoms with E-state index in [1.165, 1.54) is 0 Å². The summed E-state index contributed by atoms with van der Waals surface area (Å²) in [5.41, 5.74) is 2.08. The summed E-state index contributed by atoms with van der Waals surface area (Å²) in [5.74, 6) is 0.340. The van der Waals surface area contributed by atoms with Crippen LogP contribution in [0.25, 0.3) is 11.1 Å². The van der Waals surface area contributed by atoms with Gasteiger partial charge in [0.15, 0.2) is 0 Å². The number of aromatic nitrogens is 2. The summed E-state index contributed by atoms with van der Waals surface area (Å²) in [7, 11) is 0. The maximum absolute atomic E-state index is 12.9. The zero-order valence-electron chi connectivity index (χ0n) is 17.8. The van der Waals surface area contributed by atoms with E-state index in [-0.39, 0.29) is 11.8 Å². The molecule has 0 radical (unpaired) electrons. The van der Waals surface area contributed by atoms with Gasteiger partial charge in [-0.25, -0.2) is 9.78 Å². The van der Waals surface area contributed by atoms with Crippen molar-refractivity contribution in [1.29, 1.82) is 0 Å². The van der Waals surface area contributed by atoms with E-state index in [1.807, 2.05) is 40.7 Å². The number of fused-ring (bicyclic) bond motifs is 1. The van der Waals surface area contributed by atoms with Gasteiger partial charge in [-0.3, -0.25) is 4.79 Å². The Hall–Kier alpha value is -2.64. The fraction of sp³-hybridized carbons (Fsp3) is 0.619. The van der Waals surface area contributed by atoms with Gasteiger partial charge in [0.05, 0.1) is 16.6 Å². The van der Waals surface area contributed by atoms with Crippen LogP contribution in [0.2, 0.25) is 0 Å². The molecule has 0 aromatic carbocycles. The standard InChI is InChI=1S/C21H30N4O4/c1-12(2)17-16-14(11-15(13-7-8-13)24-19(16)29-25-17)18(26)22-9-6-10-23-20(27)28-21(3,4)5/h11-13H,6-10H2,1-5H3,(H,22,26)(H,23,27). The maximum atomic E-state index is 12.9. The highest BCUT2D eigenvalue weighted by Crippen LogP contribution is 2.41. The molecule has 0 unspecified atom stereocenters. The first-order valence-electron chi connectivity index (χ1n) is 10.2. The first-order valence-corrected chi connectivity index (χ1v) is 10.2. The summed E-state index contributed by atoms with van der Waals surface area (Å²) >= 11 is 0. The number of nitrogens with one attached hydrogen (secondary N) is 2. The summed E-state index contributed by atoms with van der Waals surface area (Å²) in [4.78, 5) is 29.1. The molecule has 0 saturated heterocycles. The lowest BCUT2D eigenvalue weighted by molar-refractivity contribution is 0.0527. The van der Waals surface area contributed by atoms with Crippen molar-refractivity contribution in [3.8, 4) is 0 Å². The SMILES string of the molecule is CC(C)c1noc2nc(C3CC3)cc(C(=O)NCCCNC(=O)OC(C)(C)C)c12. The molecule has 0 spiro atoms. The van der Waals surface area contributed by atoms with Crippen LogP contribution in [0.5, 0.6) is 0 Å². The molecule has 1 aliphatic rings. The van der Waals surface area contributed by atoms with Crippen LogP contribution in [0.3, 0.4) is 0 Å². The number of alkyl carbamates (subject to hydrolysis) is 1. The van der Waals surface area contributed by atoms with Crippen LogP contribution in [0.15, 0.2) is 10.6 Å². The quantitative estimate of drug-likeness (QED) is 0.681. The number of ether oxygens (including phenoxy) is 1. The van der Waals surface area contributed by atoms with Gasteiger partial charge in [0, 0.05) is 24.7 Å². The van der Waals surface area contributed by atoms with Crippen molar-refractivity contribution in [3.63, 3.8) is 0 Å². The van der Waals surface area contributed by atoms with Gasteiger partial charge >= 0.3 is 6.09 Å². The molecule has 0 bridgehead atoms. The van der Waals surface area contributed by atoms with E-state index in [9.17, 15) is 9.59 Å². The smallest absolute Gasteiger partial charge is 0.407 e. The van der Waals surface area contributed by atoms with Gasteiger partial charge < -0.3 is 19.9 Å². The van der Waals surface area contributed by atoms with Crippen LogP contribution in [0.1, 0.15) is 87.5 Å². The van der Waals surface area contributed by atoms with Crippen LogP contribution in [-0.4, -0.2) is 40.8 Å². The van der Waals surface area contributed by atoms with Crippen LogP contribution in [-0.2, 0) is 4.74 Å². The molecular formula is C21H30N4O4. The van der Waals surface area contributed by atoms with E-state index < -0.39 is 11.7 Å². The number of hydrogen-bond donors (Lipinski definition) is 2. The van der Waals surface area contributed by atoms with Gasteiger partial charge in [0.1, 0.15) is 5.60 Å². The number of hydrogen-bond acceptors (Lipinski definition) is 6. The first kappa shape index (κ1) is 21.1. The van der Waals surface area contributed by atoms with Gasteiger partial charge in [0.2, 0.25) is 0 Å². The number of carbonyl (C=O) groups excluding carboxylic acids is 2. The van der Waals surface area contributed by atoms with E-state index in [1.54, 1.807) is 0 Å². The van der Waals surface area contributed by atoms with Crippen molar-refractivity contribution in [1.82, 2.24) is 20.8 Å². The predicted molar refractivity (Wildman–Crippen MR) is 109 cm³/mol. The molecule has 0 aliphatic heterocycles. The minimum Gasteiger partial charge on any atom is -0.444 e. The van der Waals surface area contributed by atoms with Gasteiger partial charge in [-0.2, -0.15) is 0 Å². The molecule has 2 N–H and O–H groups in total. The molecule has 0 atom stereocenters. The molecule has 1 aliphatic carbocycles. The minimum absolute atomic E-state index is 0.120. The summed E-state index contributed by atoms with van der Waals surface area (Å²) < 4.78 is 10.6. The Balaban J connectivity index is 1.63. The van der Waals surface area contributed by atoms with Crippen molar-refractivity contribution in [2.24, 2.45) is 0 Å². The fourth-order valence-electron chi connectivity index (χ4n) is 3.04. The topological polar surface area (TPSA) is 106 Å². The maximum Gasteiger partial charge on any atom is 0.407 e. The highest BCUT2D eigenvalue weighted by atomic mass is 16.6. The second kappa shape index (κ2) is 8.39. The molecule has 1 fully saturated rings. The average Bonchev–Trinajstić information content (AvgIpc) is 3.37. The van der Waals surface area contributed by atoms with Gasteiger partial charge in [-0.1, -0.05) is 19.0 Å². The van der Waals surface area contributed by atoms with Gasteiger partial charge in [-0.05, 0) is 52.0 Å². The Morgan fingerprint density at radius 1 is 1.24 bits per heavy atom. The van der Waals surface area contributed by atoms with Crippen molar-refractivity contribution < 1.29 is 18.8 Å². The summed E-state index contributed by atoms with van der Waals surface area (Å²) in [6.45, 7) is 10.3. The summed E-state index contributed by atoms with van der Waals surface area (Å²) in [6, 6.07) is 1.87. The molecule has 3 rings (SSSR count). The Bertz CT molecular complexity index is 894. The zero-order chi connectivity index (χ0) is 21.2. The Labute approximate surface area is 170 Å². The molecular weight excluding hydrogens is 372 g/mol. The molecule has 2 aromatic rings. The molecule has 1 saturated carbocycles. The molecule has 2 amide bonds. The summed E-state index contributed by atoms with van der Waals surface area (Å²) in [6.07, 6.45) is 2.30. The normalized spacial score (nSPS) is 14.3. The highest BCUT2D eigenvalue weighted by molar-refractivity contribution is 6.06. The monoisotopic (exact) mass is 402 g/mol. The second-order valence-corrected chi connectivity index (χ2v) is 8.81. The Morgan fingerprint density at radius 3 is 2.55 bits per heavy atom. The van der Waals surface area contributed by atoms with Crippen molar-refractivity contribution >= 4 is 23.1 Å². The van der Waals surface area contributed by atoms with Gasteiger partial charge in [-0.15, -0.1) is 0 Å². The lowest BCUT2D eigenvalue weighted by atomic mass is 10.0. The summed E-state index contributed by atoms with van der Waals surface area (Å²) in [5, 5.41) is 10.4. The Morgan fingerprint density at radius 2 is 1.93 bits per heavy atom. The van der Waals surface area contributed by atoms with Crippen LogP contribution < -0.4 is 10.6 Å². The number of amides is 2. The van der Waals surface area contributed by atoms with E-state index in [0.29, 0.717) is 42.1 Å². The zero-order valence-corrected chi connectivity index (χ0v) is 17.8. The minimum atomic E-state index is -0.531. The molecule has 8 nitrogen and oxygen atoms in total. The molecule has 2 aromatic heterocycles. The third-order valence-corrected chi connectivity index (χ3v) is 4.59. The van der Waals surface area contributed by atoms with E-state index in [2.05, 4.69) is 20.8 Å². The number of rotatable bonds is 7. The molecule has 29 heavy (non-hydrogen) atoms. The molecule has 2 heterocycles. The van der Waals surface area contributed by atoms with Crippen molar-refractivity contribution in [2.75, 3.05) is 13.1 Å². The van der Waals surface area contributed by atoms with Crippen LogP contribution >= 0.6 is 0 Å². The van der Waals surface area contributed by atoms with Crippen molar-refractivity contribution in [3.05, 3.63) is 23.0 Å². The third-order valence-electron chi connectivity index (χ3n) is 4.59. The molecule has 158 valence electrons. The largest absolute Gasteiger partial charge is 0.444 e. The molecule has 8 heteroatoms. The van der Waals surface area contributed by atoms with E-state index >= 15 is 0 Å². The first-order chi connectivity index (χ1) is 13.7. The number of pyridine rings is 1. The average molecular weight is 402 g/mol. The number of carbonyl (C=O) groups is 2. The third kappa shape index (κ3) is 5.46. The predicted octanol–water partition coefficient (Wildman–Crippen LogP) is 3.87. The van der Waals surface area contributed by atoms with Gasteiger partial charge in [0.25, 0.3) is 11.6 Å². The lowest BCUT2D eigenvalue weighted by Crippen LogP contribution is -2.34. The fourth-order valence-corrected chi connectivity index (χ4v) is 3.04. The second-order valence-electron chi connectivity index (χ2n) is 8.81. The highest BCUT2D eigenvalue weighted by Gasteiger charge is 2.29. The Kier molecular flexibility index (Phi) is 6.10. The van der Waals surface area contributed by atoms with Crippen molar-refractivity contribution in [2.45, 2.75) is 71.3 Å². The van der Waals surface area contributed by atoms with Crippen LogP contribution in [0.4, 0.5) is 4.79 Å². The lowest BCUT2D eigenvalue weighted by Gasteiger charge is -2.19. The van der Waals surface area contributed by atoms with E-state index in [0.717, 1.165) is 24.2 Å². The van der Waals surface area contributed by atoms with E-state index in [4.69, 9.17) is 9.26 Å².